The molecule has 1 N–H and O–H groups in total. The van der Waals surface area contributed by atoms with Gasteiger partial charge in [0.25, 0.3) is 0 Å². The van der Waals surface area contributed by atoms with E-state index in [0.29, 0.717) is 17.1 Å². The highest BCUT2D eigenvalue weighted by Gasteiger charge is 2.01. The summed E-state index contributed by atoms with van der Waals surface area (Å²) < 4.78 is 13.1. The van der Waals surface area contributed by atoms with Crippen LogP contribution in [0.2, 0.25) is 5.02 Å². The number of hydrogen-bond donors (Lipinski definition) is 1. The maximum atomic E-state index is 13.1. The van der Waals surface area contributed by atoms with E-state index in [1.165, 1.54) is 6.07 Å². The molecule has 88 valence electrons. The van der Waals surface area contributed by atoms with Crippen LogP contribution in [-0.4, -0.2) is 0 Å². The van der Waals surface area contributed by atoms with E-state index in [0.717, 1.165) is 11.3 Å². The van der Waals surface area contributed by atoms with Crippen LogP contribution in [-0.2, 0) is 6.54 Å². The van der Waals surface area contributed by atoms with Crippen LogP contribution in [0.3, 0.4) is 0 Å². The molecule has 0 heterocycles. The molecule has 0 saturated heterocycles. The Morgan fingerprint density at radius 1 is 1.18 bits per heavy atom. The lowest BCUT2D eigenvalue weighted by Gasteiger charge is -2.09. The van der Waals surface area contributed by atoms with Crippen LogP contribution in [0.4, 0.5) is 10.1 Å². The van der Waals surface area contributed by atoms with E-state index in [4.69, 9.17) is 11.6 Å². The second-order valence-corrected chi connectivity index (χ2v) is 4.32. The topological polar surface area (TPSA) is 12.0 Å². The SMILES string of the molecule is Cc1cc(CNc2ccccc2Cl)ccc1F. The summed E-state index contributed by atoms with van der Waals surface area (Å²) in [5.74, 6) is -0.175. The first kappa shape index (κ1) is 11.9. The molecule has 3 heteroatoms. The molecule has 17 heavy (non-hydrogen) atoms. The second-order valence-electron chi connectivity index (χ2n) is 3.92. The van der Waals surface area contributed by atoms with Gasteiger partial charge in [0.15, 0.2) is 0 Å². The molecular weight excluding hydrogens is 237 g/mol. The fraction of sp³-hybridized carbons (Fsp3) is 0.143. The Labute approximate surface area is 105 Å². The van der Waals surface area contributed by atoms with Gasteiger partial charge in [-0.15, -0.1) is 0 Å². The van der Waals surface area contributed by atoms with Crippen LogP contribution in [0.25, 0.3) is 0 Å². The largest absolute Gasteiger partial charge is 0.380 e. The molecular formula is C14H13ClFN. The van der Waals surface area contributed by atoms with E-state index in [1.807, 2.05) is 30.3 Å². The van der Waals surface area contributed by atoms with Crippen molar-refractivity contribution in [3.63, 3.8) is 0 Å². The van der Waals surface area contributed by atoms with E-state index < -0.39 is 0 Å². The third kappa shape index (κ3) is 2.98. The fourth-order valence-electron chi connectivity index (χ4n) is 1.62. The lowest BCUT2D eigenvalue weighted by Crippen LogP contribution is -2.00. The average Bonchev–Trinajstić information content (AvgIpc) is 2.32. The molecule has 0 aliphatic rings. The predicted octanol–water partition coefficient (Wildman–Crippen LogP) is 4.40. The zero-order chi connectivity index (χ0) is 12.3. The Morgan fingerprint density at radius 2 is 1.94 bits per heavy atom. The maximum Gasteiger partial charge on any atom is 0.126 e. The fourth-order valence-corrected chi connectivity index (χ4v) is 1.82. The highest BCUT2D eigenvalue weighted by molar-refractivity contribution is 6.33. The van der Waals surface area contributed by atoms with Gasteiger partial charge in [-0.1, -0.05) is 35.9 Å². The van der Waals surface area contributed by atoms with Crippen molar-refractivity contribution >= 4 is 17.3 Å². The van der Waals surface area contributed by atoms with Crippen LogP contribution in [0.5, 0.6) is 0 Å². The van der Waals surface area contributed by atoms with Crippen LogP contribution in [0.1, 0.15) is 11.1 Å². The van der Waals surface area contributed by atoms with Crippen LogP contribution in [0, 0.1) is 12.7 Å². The molecule has 0 atom stereocenters. The average molecular weight is 250 g/mol. The summed E-state index contributed by atoms with van der Waals surface area (Å²) in [5, 5.41) is 3.91. The highest BCUT2D eigenvalue weighted by atomic mass is 35.5. The summed E-state index contributed by atoms with van der Waals surface area (Å²) in [7, 11) is 0. The molecule has 0 aliphatic carbocycles. The predicted molar refractivity (Wildman–Crippen MR) is 69.9 cm³/mol. The van der Waals surface area contributed by atoms with Crippen LogP contribution in [0.15, 0.2) is 42.5 Å². The first-order chi connectivity index (χ1) is 8.16. The van der Waals surface area contributed by atoms with E-state index in [2.05, 4.69) is 5.32 Å². The first-order valence-electron chi connectivity index (χ1n) is 5.40. The number of anilines is 1. The van der Waals surface area contributed by atoms with Gasteiger partial charge in [-0.2, -0.15) is 0 Å². The first-order valence-corrected chi connectivity index (χ1v) is 5.78. The van der Waals surface area contributed by atoms with Crippen LogP contribution >= 0.6 is 11.6 Å². The number of hydrogen-bond acceptors (Lipinski definition) is 1. The minimum absolute atomic E-state index is 0.175. The summed E-state index contributed by atoms with van der Waals surface area (Å²) in [6, 6.07) is 12.6. The monoisotopic (exact) mass is 249 g/mol. The summed E-state index contributed by atoms with van der Waals surface area (Å²) in [6.45, 7) is 2.39. The molecule has 0 saturated carbocycles. The van der Waals surface area contributed by atoms with E-state index in [1.54, 1.807) is 13.0 Å². The molecule has 0 bridgehead atoms. The van der Waals surface area contributed by atoms with Gasteiger partial charge in [0.2, 0.25) is 0 Å². The molecule has 0 spiro atoms. The van der Waals surface area contributed by atoms with Crippen molar-refractivity contribution in [3.8, 4) is 0 Å². The zero-order valence-electron chi connectivity index (χ0n) is 9.50. The molecule has 2 aromatic carbocycles. The molecule has 1 nitrogen and oxygen atoms in total. The zero-order valence-corrected chi connectivity index (χ0v) is 10.3. The van der Waals surface area contributed by atoms with Crippen molar-refractivity contribution in [1.82, 2.24) is 0 Å². The molecule has 2 aromatic rings. The van der Waals surface area contributed by atoms with E-state index in [9.17, 15) is 4.39 Å². The third-order valence-corrected chi connectivity index (χ3v) is 2.91. The van der Waals surface area contributed by atoms with Gasteiger partial charge < -0.3 is 5.32 Å². The molecule has 0 aromatic heterocycles. The normalized spacial score (nSPS) is 10.3. The van der Waals surface area contributed by atoms with Gasteiger partial charge in [0, 0.05) is 6.54 Å². The van der Waals surface area contributed by atoms with E-state index in [-0.39, 0.29) is 5.82 Å². The lowest BCUT2D eigenvalue weighted by atomic mass is 10.1. The number of halogens is 2. The number of aryl methyl sites for hydroxylation is 1. The van der Waals surface area contributed by atoms with Crippen molar-refractivity contribution in [2.24, 2.45) is 0 Å². The summed E-state index contributed by atoms with van der Waals surface area (Å²) in [4.78, 5) is 0. The van der Waals surface area contributed by atoms with Crippen molar-refractivity contribution in [1.29, 1.82) is 0 Å². The van der Waals surface area contributed by atoms with Crippen LogP contribution < -0.4 is 5.32 Å². The van der Waals surface area contributed by atoms with Crippen molar-refractivity contribution < 1.29 is 4.39 Å². The molecule has 2 rings (SSSR count). The molecule has 0 aliphatic heterocycles. The number of rotatable bonds is 3. The molecule has 0 amide bonds. The Balaban J connectivity index is 2.08. The summed E-state index contributed by atoms with van der Waals surface area (Å²) in [5.41, 5.74) is 2.57. The van der Waals surface area contributed by atoms with E-state index >= 15 is 0 Å². The number of benzene rings is 2. The second kappa shape index (κ2) is 5.19. The molecule has 0 fully saturated rings. The van der Waals surface area contributed by atoms with Gasteiger partial charge in [0.05, 0.1) is 10.7 Å². The minimum atomic E-state index is -0.175. The van der Waals surface area contributed by atoms with Gasteiger partial charge in [0.1, 0.15) is 5.82 Å². The quantitative estimate of drug-likeness (QED) is 0.850. The number of nitrogens with one attached hydrogen (secondary N) is 1. The molecule has 0 unspecified atom stereocenters. The van der Waals surface area contributed by atoms with Crippen molar-refractivity contribution in [2.75, 3.05) is 5.32 Å². The van der Waals surface area contributed by atoms with Gasteiger partial charge in [-0.25, -0.2) is 4.39 Å². The Hall–Kier alpha value is -1.54. The Morgan fingerprint density at radius 3 is 2.65 bits per heavy atom. The molecule has 0 radical (unpaired) electrons. The van der Waals surface area contributed by atoms with Gasteiger partial charge in [-0.3, -0.25) is 0 Å². The summed E-state index contributed by atoms with van der Waals surface area (Å²) >= 11 is 6.02. The third-order valence-electron chi connectivity index (χ3n) is 2.58. The van der Waals surface area contributed by atoms with Crippen molar-refractivity contribution in [2.45, 2.75) is 13.5 Å². The minimum Gasteiger partial charge on any atom is -0.380 e. The maximum absolute atomic E-state index is 13.1. The Bertz CT molecular complexity index is 525. The summed E-state index contributed by atoms with van der Waals surface area (Å²) in [6.07, 6.45) is 0. The Kier molecular flexibility index (Phi) is 3.64. The highest BCUT2D eigenvalue weighted by Crippen LogP contribution is 2.21. The standard InChI is InChI=1S/C14H13ClFN/c1-10-8-11(6-7-13(10)16)9-17-14-5-3-2-4-12(14)15/h2-8,17H,9H2,1H3. The van der Waals surface area contributed by atoms with Crippen molar-refractivity contribution in [3.05, 3.63) is 64.4 Å². The smallest absolute Gasteiger partial charge is 0.126 e. The van der Waals surface area contributed by atoms with Gasteiger partial charge in [-0.05, 0) is 36.2 Å². The van der Waals surface area contributed by atoms with Gasteiger partial charge >= 0.3 is 0 Å². The lowest BCUT2D eigenvalue weighted by molar-refractivity contribution is 0.617. The number of para-hydroxylation sites is 1.